The van der Waals surface area contributed by atoms with E-state index >= 15 is 0 Å². The number of anilines is 1. The minimum Gasteiger partial charge on any atom is -0.454 e. The van der Waals surface area contributed by atoms with Crippen LogP contribution in [0.25, 0.3) is 0 Å². The first-order valence-corrected chi connectivity index (χ1v) is 7.27. The van der Waals surface area contributed by atoms with Crippen LogP contribution in [-0.2, 0) is 22.4 Å². The monoisotopic (exact) mass is 299 g/mol. The van der Waals surface area contributed by atoms with E-state index < -0.39 is 5.97 Å². The van der Waals surface area contributed by atoms with E-state index in [1.807, 2.05) is 18.2 Å². The van der Waals surface area contributed by atoms with Crippen molar-refractivity contribution in [1.82, 2.24) is 0 Å². The number of benzene rings is 1. The highest BCUT2D eigenvalue weighted by Crippen LogP contribution is 2.24. The molecule has 0 fully saturated rings. The molecule has 0 aliphatic heterocycles. The van der Waals surface area contributed by atoms with Gasteiger partial charge in [0, 0.05) is 5.69 Å². The molecule has 0 unspecified atom stereocenters. The maximum absolute atomic E-state index is 11.8. The topological polar surface area (TPSA) is 68.5 Å². The molecule has 0 atom stereocenters. The average molecular weight is 299 g/mol. The van der Waals surface area contributed by atoms with Gasteiger partial charge in [-0.1, -0.05) is 6.07 Å². The highest BCUT2D eigenvalue weighted by molar-refractivity contribution is 5.94. The van der Waals surface area contributed by atoms with Crippen molar-refractivity contribution in [1.29, 1.82) is 0 Å². The van der Waals surface area contributed by atoms with Gasteiger partial charge in [0.25, 0.3) is 5.91 Å². The summed E-state index contributed by atoms with van der Waals surface area (Å²) < 4.78 is 10.1. The smallest absolute Gasteiger partial charge is 0.374 e. The van der Waals surface area contributed by atoms with Crippen molar-refractivity contribution >= 4 is 17.6 Å². The van der Waals surface area contributed by atoms with Crippen molar-refractivity contribution in [3.8, 4) is 0 Å². The lowest BCUT2D eigenvalue weighted by Gasteiger charge is -2.07. The van der Waals surface area contributed by atoms with Gasteiger partial charge >= 0.3 is 5.97 Å². The standard InChI is InChI=1S/C17H17NO4/c1-11-5-8-15(22-11)17(20)21-10-16(19)18-14-7-6-12-3-2-4-13(12)9-14/h5-9H,2-4,10H2,1H3,(H,18,19). The third kappa shape index (κ3) is 3.19. The van der Waals surface area contributed by atoms with Gasteiger partial charge in [-0.15, -0.1) is 0 Å². The third-order valence-electron chi connectivity index (χ3n) is 3.66. The SMILES string of the molecule is Cc1ccc(C(=O)OCC(=O)Nc2ccc3c(c2)CCC3)o1. The fraction of sp³-hybridized carbons (Fsp3) is 0.294. The summed E-state index contributed by atoms with van der Waals surface area (Å²) in [5, 5.41) is 2.74. The van der Waals surface area contributed by atoms with E-state index in [2.05, 4.69) is 5.32 Å². The number of fused-ring (bicyclic) bond motifs is 1. The Morgan fingerprint density at radius 2 is 2.00 bits per heavy atom. The minimum atomic E-state index is -0.641. The Hall–Kier alpha value is -2.56. The van der Waals surface area contributed by atoms with E-state index in [1.165, 1.54) is 17.2 Å². The Bertz CT molecular complexity index is 717. The second-order valence-corrected chi connectivity index (χ2v) is 5.37. The van der Waals surface area contributed by atoms with Gasteiger partial charge in [0.15, 0.2) is 6.61 Å². The number of furan rings is 1. The van der Waals surface area contributed by atoms with Gasteiger partial charge in [0.2, 0.25) is 5.76 Å². The van der Waals surface area contributed by atoms with Crippen molar-refractivity contribution in [3.63, 3.8) is 0 Å². The van der Waals surface area contributed by atoms with Crippen LogP contribution in [-0.4, -0.2) is 18.5 Å². The van der Waals surface area contributed by atoms with Crippen molar-refractivity contribution in [2.24, 2.45) is 0 Å². The molecule has 1 aliphatic carbocycles. The molecule has 114 valence electrons. The van der Waals surface area contributed by atoms with Crippen molar-refractivity contribution in [2.75, 3.05) is 11.9 Å². The lowest BCUT2D eigenvalue weighted by molar-refractivity contribution is -0.119. The fourth-order valence-corrected chi connectivity index (χ4v) is 2.59. The molecule has 5 nitrogen and oxygen atoms in total. The largest absolute Gasteiger partial charge is 0.454 e. The van der Waals surface area contributed by atoms with Crippen LogP contribution in [0.3, 0.4) is 0 Å². The fourth-order valence-electron chi connectivity index (χ4n) is 2.59. The molecule has 1 heterocycles. The second kappa shape index (κ2) is 6.05. The third-order valence-corrected chi connectivity index (χ3v) is 3.66. The Morgan fingerprint density at radius 1 is 1.18 bits per heavy atom. The molecule has 0 radical (unpaired) electrons. The molecule has 0 saturated heterocycles. The molecule has 3 rings (SSSR count). The molecular weight excluding hydrogens is 282 g/mol. The van der Waals surface area contributed by atoms with Gasteiger partial charge in [-0.3, -0.25) is 4.79 Å². The molecule has 1 aromatic carbocycles. The van der Waals surface area contributed by atoms with Gasteiger partial charge in [-0.25, -0.2) is 4.79 Å². The van der Waals surface area contributed by atoms with Gasteiger partial charge in [0.1, 0.15) is 5.76 Å². The van der Waals surface area contributed by atoms with Gasteiger partial charge in [0.05, 0.1) is 0 Å². The molecule has 1 amide bonds. The van der Waals surface area contributed by atoms with Crippen LogP contribution in [0.5, 0.6) is 0 Å². The van der Waals surface area contributed by atoms with E-state index in [-0.39, 0.29) is 18.3 Å². The number of nitrogens with one attached hydrogen (secondary N) is 1. The maximum atomic E-state index is 11.8. The highest BCUT2D eigenvalue weighted by atomic mass is 16.5. The number of hydrogen-bond donors (Lipinski definition) is 1. The highest BCUT2D eigenvalue weighted by Gasteiger charge is 2.15. The first-order valence-electron chi connectivity index (χ1n) is 7.27. The number of hydrogen-bond acceptors (Lipinski definition) is 4. The van der Waals surface area contributed by atoms with Gasteiger partial charge in [-0.2, -0.15) is 0 Å². The number of carbonyl (C=O) groups excluding carboxylic acids is 2. The summed E-state index contributed by atoms with van der Waals surface area (Å²) in [6, 6.07) is 9.09. The molecule has 5 heteroatoms. The normalized spacial score (nSPS) is 12.8. The summed E-state index contributed by atoms with van der Waals surface area (Å²) in [6.45, 7) is 1.40. The van der Waals surface area contributed by atoms with Crippen LogP contribution >= 0.6 is 0 Å². The summed E-state index contributed by atoms with van der Waals surface area (Å²) in [4.78, 5) is 23.5. The number of rotatable bonds is 4. The van der Waals surface area contributed by atoms with E-state index in [4.69, 9.17) is 9.15 Å². The van der Waals surface area contributed by atoms with Crippen LogP contribution in [0.15, 0.2) is 34.7 Å². The molecule has 0 saturated carbocycles. The molecule has 1 aromatic heterocycles. The Balaban J connectivity index is 1.53. The predicted molar refractivity (Wildman–Crippen MR) is 80.8 cm³/mol. The summed E-state index contributed by atoms with van der Waals surface area (Å²) in [6.07, 6.45) is 3.31. The zero-order valence-corrected chi connectivity index (χ0v) is 12.3. The molecule has 0 bridgehead atoms. The van der Waals surface area contributed by atoms with Crippen LogP contribution in [0.1, 0.15) is 33.9 Å². The molecule has 0 spiro atoms. The van der Waals surface area contributed by atoms with E-state index in [9.17, 15) is 9.59 Å². The van der Waals surface area contributed by atoms with E-state index in [0.717, 1.165) is 24.9 Å². The number of amides is 1. The maximum Gasteiger partial charge on any atom is 0.374 e. The van der Waals surface area contributed by atoms with Crippen molar-refractivity contribution in [3.05, 3.63) is 53.0 Å². The van der Waals surface area contributed by atoms with Crippen molar-refractivity contribution < 1.29 is 18.7 Å². The summed E-state index contributed by atoms with van der Waals surface area (Å²) in [5.41, 5.74) is 3.36. The molecular formula is C17H17NO4. The lowest BCUT2D eigenvalue weighted by Crippen LogP contribution is -2.20. The quantitative estimate of drug-likeness (QED) is 0.881. The van der Waals surface area contributed by atoms with Crippen molar-refractivity contribution in [2.45, 2.75) is 26.2 Å². The predicted octanol–water partition coefficient (Wildman–Crippen LogP) is 2.87. The van der Waals surface area contributed by atoms with Gasteiger partial charge in [-0.05, 0) is 61.6 Å². The van der Waals surface area contributed by atoms with E-state index in [1.54, 1.807) is 13.0 Å². The number of esters is 1. The number of carbonyl (C=O) groups is 2. The van der Waals surface area contributed by atoms with Crippen LogP contribution in [0.4, 0.5) is 5.69 Å². The lowest BCUT2D eigenvalue weighted by atomic mass is 10.1. The van der Waals surface area contributed by atoms with Crippen LogP contribution < -0.4 is 5.32 Å². The van der Waals surface area contributed by atoms with Crippen LogP contribution in [0.2, 0.25) is 0 Å². The number of aryl methyl sites for hydroxylation is 3. The Labute approximate surface area is 128 Å². The summed E-state index contributed by atoms with van der Waals surface area (Å²) >= 11 is 0. The average Bonchev–Trinajstić information content (AvgIpc) is 3.13. The van der Waals surface area contributed by atoms with Gasteiger partial charge < -0.3 is 14.5 Å². The molecule has 22 heavy (non-hydrogen) atoms. The zero-order valence-electron chi connectivity index (χ0n) is 12.3. The van der Waals surface area contributed by atoms with Crippen LogP contribution in [0, 0.1) is 6.92 Å². The zero-order chi connectivity index (χ0) is 15.5. The first-order chi connectivity index (χ1) is 10.6. The second-order valence-electron chi connectivity index (χ2n) is 5.37. The Morgan fingerprint density at radius 3 is 2.77 bits per heavy atom. The first kappa shape index (κ1) is 14.4. The molecule has 2 aromatic rings. The molecule has 1 aliphatic rings. The summed E-state index contributed by atoms with van der Waals surface area (Å²) in [7, 11) is 0. The minimum absolute atomic E-state index is 0.0998. The Kier molecular flexibility index (Phi) is 3.96. The van der Waals surface area contributed by atoms with E-state index in [0.29, 0.717) is 5.76 Å². The molecule has 1 N–H and O–H groups in total. The number of ether oxygens (including phenoxy) is 1. The summed E-state index contributed by atoms with van der Waals surface area (Å²) in [5.74, 6) is -0.288.